The van der Waals surface area contributed by atoms with E-state index in [0.29, 0.717) is 10.8 Å². The summed E-state index contributed by atoms with van der Waals surface area (Å²) >= 11 is 5.87. The summed E-state index contributed by atoms with van der Waals surface area (Å²) in [7, 11) is 0. The predicted octanol–water partition coefficient (Wildman–Crippen LogP) is 2.36. The molecule has 0 aliphatic carbocycles. The zero-order valence-corrected chi connectivity index (χ0v) is 10.2. The fourth-order valence-electron chi connectivity index (χ4n) is 1.34. The van der Waals surface area contributed by atoms with Gasteiger partial charge in [0, 0.05) is 5.02 Å². The van der Waals surface area contributed by atoms with Crippen molar-refractivity contribution in [3.8, 4) is 5.75 Å². The van der Waals surface area contributed by atoms with E-state index in [-0.39, 0.29) is 6.61 Å². The van der Waals surface area contributed by atoms with Crippen LogP contribution in [0.15, 0.2) is 18.2 Å². The molecule has 2 N–H and O–H groups in total. The van der Waals surface area contributed by atoms with Crippen LogP contribution in [0, 0.1) is 5.92 Å². The maximum atomic E-state index is 10.7. The van der Waals surface area contributed by atoms with Crippen molar-refractivity contribution >= 4 is 17.5 Å². The highest BCUT2D eigenvalue weighted by Gasteiger charge is 2.08. The number of nitrogens with two attached hydrogens (primary N) is 1. The number of amides is 1. The highest BCUT2D eigenvalue weighted by molar-refractivity contribution is 6.30. The molecule has 1 amide bonds. The molecule has 0 aromatic heterocycles. The topological polar surface area (TPSA) is 52.3 Å². The monoisotopic (exact) mass is 240 g/mol. The van der Waals surface area contributed by atoms with Gasteiger partial charge in [-0.05, 0) is 30.0 Å². The van der Waals surface area contributed by atoms with Crippen molar-refractivity contribution in [2.24, 2.45) is 5.73 Å². The Labute approximate surface area is 101 Å². The van der Waals surface area contributed by atoms with E-state index in [9.17, 15) is 4.79 Å². The van der Waals surface area contributed by atoms with Crippen molar-refractivity contribution in [3.63, 3.8) is 0 Å². The van der Waals surface area contributed by atoms with Gasteiger partial charge >= 0.3 is 0 Å². The lowest BCUT2D eigenvalue weighted by atomic mass is 10.0. The van der Waals surface area contributed by atoms with Crippen LogP contribution in [0.2, 0.25) is 5.02 Å². The number of carbonyl (C=O) groups is 1. The number of hydrogen-bond acceptors (Lipinski definition) is 2. The van der Waals surface area contributed by atoms with Crippen molar-refractivity contribution < 1.29 is 9.53 Å². The van der Waals surface area contributed by atoms with Gasteiger partial charge in [-0.3, -0.25) is 4.79 Å². The highest BCUT2D eigenvalue weighted by atomic mass is 35.5. The van der Waals surface area contributed by atoms with Crippen molar-refractivity contribution in [2.45, 2.75) is 20.3 Å². The van der Waals surface area contributed by atoms with Crippen LogP contribution in [-0.4, -0.2) is 12.5 Å². The number of benzene rings is 1. The van der Waals surface area contributed by atoms with Gasteiger partial charge in [0.2, 0.25) is 0 Å². The zero-order chi connectivity index (χ0) is 12.1. The molecule has 0 aliphatic heterocycles. The Hall–Kier alpha value is -1.22. The smallest absolute Gasteiger partial charge is 0.255 e. The second kappa shape index (κ2) is 5.75. The lowest BCUT2D eigenvalue weighted by Gasteiger charge is -2.12. The first-order valence-electron chi connectivity index (χ1n) is 4.97. The normalized spacial score (nSPS) is 10.5. The summed E-state index contributed by atoms with van der Waals surface area (Å²) in [5, 5.41) is 0.581. The molecule has 0 heterocycles. The van der Waals surface area contributed by atoms with Gasteiger partial charge in [-0.25, -0.2) is 0 Å². The molecule has 1 radical (unpaired) electrons. The molecule has 0 atom stereocenters. The number of hydrogen-bond donors (Lipinski definition) is 1. The predicted molar refractivity (Wildman–Crippen MR) is 64.4 cm³/mol. The van der Waals surface area contributed by atoms with E-state index in [1.165, 1.54) is 5.92 Å². The number of ether oxygens (including phenoxy) is 1. The summed E-state index contributed by atoms with van der Waals surface area (Å²) in [5.74, 6) is 1.38. The minimum Gasteiger partial charge on any atom is -0.483 e. The van der Waals surface area contributed by atoms with Crippen LogP contribution in [0.3, 0.4) is 0 Å². The van der Waals surface area contributed by atoms with Crippen molar-refractivity contribution in [1.29, 1.82) is 0 Å². The maximum Gasteiger partial charge on any atom is 0.255 e. The average Bonchev–Trinajstić information content (AvgIpc) is 2.17. The molecule has 3 nitrogen and oxygen atoms in total. The summed E-state index contributed by atoms with van der Waals surface area (Å²) in [6, 6.07) is 5.39. The van der Waals surface area contributed by atoms with Gasteiger partial charge in [-0.15, -0.1) is 0 Å². The first-order chi connectivity index (χ1) is 7.49. The number of rotatable bonds is 5. The Morgan fingerprint density at radius 3 is 2.69 bits per heavy atom. The summed E-state index contributed by atoms with van der Waals surface area (Å²) in [6.07, 6.45) is 0.797. The van der Waals surface area contributed by atoms with Gasteiger partial charge in [0.1, 0.15) is 5.75 Å². The largest absolute Gasteiger partial charge is 0.483 e. The van der Waals surface area contributed by atoms with Crippen LogP contribution >= 0.6 is 11.6 Å². The molecule has 16 heavy (non-hydrogen) atoms. The molecule has 0 unspecified atom stereocenters. The third-order valence-corrected chi connectivity index (χ3v) is 2.18. The molecular weight excluding hydrogens is 226 g/mol. The van der Waals surface area contributed by atoms with Gasteiger partial charge in [-0.1, -0.05) is 31.5 Å². The van der Waals surface area contributed by atoms with Crippen molar-refractivity contribution in [2.75, 3.05) is 6.61 Å². The van der Waals surface area contributed by atoms with Crippen molar-refractivity contribution in [1.82, 2.24) is 0 Å². The maximum absolute atomic E-state index is 10.7. The minimum absolute atomic E-state index is 0.129. The molecule has 0 bridgehead atoms. The first kappa shape index (κ1) is 12.8. The zero-order valence-electron chi connectivity index (χ0n) is 9.42. The van der Waals surface area contributed by atoms with Crippen LogP contribution in [0.5, 0.6) is 5.75 Å². The van der Waals surface area contributed by atoms with Gasteiger partial charge in [-0.2, -0.15) is 0 Å². The number of halogens is 1. The van der Waals surface area contributed by atoms with E-state index in [0.717, 1.165) is 12.0 Å². The van der Waals surface area contributed by atoms with Crippen molar-refractivity contribution in [3.05, 3.63) is 34.7 Å². The molecule has 1 aromatic carbocycles. The Kier molecular flexibility index (Phi) is 4.62. The quantitative estimate of drug-likeness (QED) is 0.859. The average molecular weight is 241 g/mol. The molecule has 1 rings (SSSR count). The molecule has 4 heteroatoms. The summed E-state index contributed by atoms with van der Waals surface area (Å²) < 4.78 is 5.31. The third-order valence-electron chi connectivity index (χ3n) is 1.94. The molecule has 1 aromatic rings. The fraction of sp³-hybridized carbons (Fsp3) is 0.333. The molecule has 0 saturated heterocycles. The second-order valence-electron chi connectivity index (χ2n) is 3.89. The Morgan fingerprint density at radius 1 is 1.44 bits per heavy atom. The van der Waals surface area contributed by atoms with Gasteiger partial charge in [0.25, 0.3) is 5.91 Å². The van der Waals surface area contributed by atoms with Gasteiger partial charge in [0.15, 0.2) is 6.61 Å². The SMILES string of the molecule is C[C](C)Cc1ccc(Cl)cc1OCC(N)=O. The van der Waals surface area contributed by atoms with E-state index < -0.39 is 5.91 Å². The summed E-state index contributed by atoms with van der Waals surface area (Å²) in [5.41, 5.74) is 6.03. The fourth-order valence-corrected chi connectivity index (χ4v) is 1.50. The standard InChI is InChI=1S/C12H15ClNO2/c1-8(2)5-9-3-4-10(13)6-11(9)16-7-12(14)15/h3-4,6H,5,7H2,1-2H3,(H2,14,15). The lowest BCUT2D eigenvalue weighted by molar-refractivity contribution is -0.119. The van der Waals surface area contributed by atoms with Gasteiger partial charge < -0.3 is 10.5 Å². The number of carbonyl (C=O) groups excluding carboxylic acids is 1. The minimum atomic E-state index is -0.497. The molecular formula is C12H15ClNO2. The van der Waals surface area contributed by atoms with Crippen LogP contribution in [0.25, 0.3) is 0 Å². The van der Waals surface area contributed by atoms with Gasteiger partial charge in [0.05, 0.1) is 0 Å². The highest BCUT2D eigenvalue weighted by Crippen LogP contribution is 2.26. The van der Waals surface area contributed by atoms with E-state index in [1.54, 1.807) is 12.1 Å². The molecule has 0 spiro atoms. The van der Waals surface area contributed by atoms with Crippen LogP contribution in [0.4, 0.5) is 0 Å². The Morgan fingerprint density at radius 2 is 2.12 bits per heavy atom. The molecule has 0 aliphatic rings. The van der Waals surface area contributed by atoms with Crippen LogP contribution < -0.4 is 10.5 Å². The lowest BCUT2D eigenvalue weighted by Crippen LogP contribution is -2.20. The Balaban J connectivity index is 2.84. The van der Waals surface area contributed by atoms with E-state index >= 15 is 0 Å². The molecule has 0 fully saturated rings. The number of primary amides is 1. The van der Waals surface area contributed by atoms with Crippen LogP contribution in [-0.2, 0) is 11.2 Å². The Bertz CT molecular complexity index is 377. The van der Waals surface area contributed by atoms with E-state index in [4.69, 9.17) is 22.1 Å². The second-order valence-corrected chi connectivity index (χ2v) is 4.33. The van der Waals surface area contributed by atoms with Crippen LogP contribution in [0.1, 0.15) is 19.4 Å². The molecule has 87 valence electrons. The van der Waals surface area contributed by atoms with E-state index in [2.05, 4.69) is 0 Å². The third kappa shape index (κ3) is 4.11. The molecule has 0 saturated carbocycles. The summed E-state index contributed by atoms with van der Waals surface area (Å²) in [4.78, 5) is 10.7. The van der Waals surface area contributed by atoms with E-state index in [1.807, 2.05) is 19.9 Å². The summed E-state index contributed by atoms with van der Waals surface area (Å²) in [6.45, 7) is 3.94. The first-order valence-corrected chi connectivity index (χ1v) is 5.35.